The van der Waals surface area contributed by atoms with Crippen molar-refractivity contribution >= 4 is 26.7 Å². The molecule has 1 aliphatic heterocycles. The summed E-state index contributed by atoms with van der Waals surface area (Å²) < 4.78 is 48.3. The predicted octanol–water partition coefficient (Wildman–Crippen LogP) is 1.32. The molecule has 0 aromatic carbocycles. The fraction of sp³-hybridized carbons (Fsp3) is 0.667. The van der Waals surface area contributed by atoms with Crippen LogP contribution in [-0.2, 0) is 32.1 Å². The van der Waals surface area contributed by atoms with Crippen molar-refractivity contribution in [3.05, 3.63) is 32.6 Å². The van der Waals surface area contributed by atoms with Gasteiger partial charge in [-0.15, -0.1) is 0 Å². The third-order valence-corrected chi connectivity index (χ3v) is 9.80. The highest BCUT2D eigenvalue weighted by atomic mass is 32.7. The predicted molar refractivity (Wildman–Crippen MR) is 141 cm³/mol. The Morgan fingerprint density at radius 1 is 1.12 bits per heavy atom. The van der Waals surface area contributed by atoms with E-state index in [4.69, 9.17) is 48.9 Å². The second-order valence-electron chi connectivity index (χ2n) is 7.93. The van der Waals surface area contributed by atoms with E-state index in [-0.39, 0.29) is 63.6 Å². The normalized spacial score (nSPS) is 21.4. The highest BCUT2D eigenvalue weighted by molar-refractivity contribution is 8.55. The third-order valence-electron chi connectivity index (χ3n) is 5.09. The number of hydrogen-bond donors (Lipinski definition) is 3. The summed E-state index contributed by atoms with van der Waals surface area (Å²) in [4.78, 5) is 26.8. The molecule has 4 N–H and O–H groups in total. The Hall–Kier alpha value is -2.16. The summed E-state index contributed by atoms with van der Waals surface area (Å²) in [6.07, 6.45) is -3.03. The van der Waals surface area contributed by atoms with Crippen LogP contribution in [-0.4, -0.2) is 71.8 Å². The number of nitrogens with two attached hydrogens (primary N) is 1. The molecule has 1 fully saturated rings. The van der Waals surface area contributed by atoms with Crippen molar-refractivity contribution in [1.29, 1.82) is 15.8 Å². The van der Waals surface area contributed by atoms with E-state index in [1.807, 2.05) is 18.2 Å². The second kappa shape index (κ2) is 17.6. The number of aliphatic hydroxyl groups excluding tert-OH is 1. The molecule has 0 amide bonds. The molecule has 1 unspecified atom stereocenters. The Labute approximate surface area is 235 Å². The number of aromatic nitrogens is 2. The number of nitrogens with zero attached hydrogens (tertiary/aromatic N) is 4. The molecule has 0 spiro atoms. The van der Waals surface area contributed by atoms with Gasteiger partial charge in [0.25, 0.3) is 14.1 Å². The van der Waals surface area contributed by atoms with Crippen molar-refractivity contribution < 1.29 is 37.2 Å². The van der Waals surface area contributed by atoms with E-state index in [2.05, 4.69) is 4.98 Å². The van der Waals surface area contributed by atoms with Crippen LogP contribution in [0.25, 0.3) is 0 Å². The van der Waals surface area contributed by atoms with Crippen molar-refractivity contribution in [2.45, 2.75) is 50.7 Å². The first-order valence-electron chi connectivity index (χ1n) is 11.9. The monoisotopic (exact) mass is 620 g/mol. The van der Waals surface area contributed by atoms with Crippen molar-refractivity contribution in [3.63, 3.8) is 0 Å². The molecule has 0 radical (unpaired) electrons. The molecule has 1 aliphatic rings. The van der Waals surface area contributed by atoms with E-state index in [0.717, 1.165) is 15.9 Å². The number of rotatable bonds is 18. The lowest BCUT2D eigenvalue weighted by Gasteiger charge is -2.27. The van der Waals surface area contributed by atoms with Gasteiger partial charge in [-0.25, -0.2) is 9.36 Å². The van der Waals surface area contributed by atoms with Crippen LogP contribution in [0.1, 0.15) is 31.1 Å². The zero-order chi connectivity index (χ0) is 29.5. The zero-order valence-electron chi connectivity index (χ0n) is 21.5. The zero-order valence-corrected chi connectivity index (χ0v) is 24.1. The van der Waals surface area contributed by atoms with Gasteiger partial charge in [0.15, 0.2) is 6.23 Å². The van der Waals surface area contributed by atoms with Gasteiger partial charge in [0.2, 0.25) is 0 Å². The van der Waals surface area contributed by atoms with E-state index in [9.17, 15) is 19.3 Å². The molecule has 2 heterocycles. The second-order valence-corrected chi connectivity index (χ2v) is 13.1. The van der Waals surface area contributed by atoms with Gasteiger partial charge in [0.05, 0.1) is 76.6 Å². The van der Waals surface area contributed by atoms with Crippen LogP contribution in [0.2, 0.25) is 0 Å². The molecule has 16 nitrogen and oxygen atoms in total. The summed E-state index contributed by atoms with van der Waals surface area (Å²) >= 11 is 0.727. The van der Waals surface area contributed by atoms with Gasteiger partial charge in [0.1, 0.15) is 12.2 Å². The molecular weight excluding hydrogens is 590 g/mol. The minimum Gasteiger partial charge on any atom is -0.394 e. The lowest BCUT2D eigenvalue weighted by Crippen LogP contribution is -2.41. The lowest BCUT2D eigenvalue weighted by molar-refractivity contribution is -0.0741. The molecule has 0 aliphatic carbocycles. The number of aryl methyl sites for hydroxylation is 1. The summed E-state index contributed by atoms with van der Waals surface area (Å²) in [5.74, 6) is -0.116. The molecule has 40 heavy (non-hydrogen) atoms. The summed E-state index contributed by atoms with van der Waals surface area (Å²) in [6.45, 7) is -3.32. The van der Waals surface area contributed by atoms with Crippen LogP contribution >= 0.6 is 26.7 Å². The number of H-pyrrole nitrogens is 1. The van der Waals surface area contributed by atoms with Crippen LogP contribution in [0, 0.1) is 40.9 Å². The Balaban J connectivity index is 2.39. The van der Waals surface area contributed by atoms with Crippen LogP contribution in [0.3, 0.4) is 0 Å². The summed E-state index contributed by atoms with van der Waals surface area (Å²) in [7, 11) is -2.07. The average molecular weight is 621 g/mol. The van der Waals surface area contributed by atoms with E-state index < -0.39 is 51.1 Å². The van der Waals surface area contributed by atoms with E-state index in [1.54, 1.807) is 0 Å². The SMILES string of the molecule is Cc1cn([C@@H]2O[C@H](CSP(=O)(OCCC#N)OCCC#N)[C@@H](OP(N)OCCC#N)[C@H]2OCCO)c(=O)[nH]c1=O. The number of aromatic amines is 1. The van der Waals surface area contributed by atoms with E-state index in [0.29, 0.717) is 0 Å². The molecule has 0 saturated carbocycles. The molecule has 19 heteroatoms. The highest BCUT2D eigenvalue weighted by Gasteiger charge is 2.49. The van der Waals surface area contributed by atoms with Crippen molar-refractivity contribution in [2.24, 2.45) is 5.50 Å². The Morgan fingerprint density at radius 3 is 2.35 bits per heavy atom. The first kappa shape index (κ1) is 34.0. The Morgan fingerprint density at radius 2 is 1.75 bits per heavy atom. The molecule has 1 saturated heterocycles. The molecule has 1 aromatic rings. The summed E-state index contributed by atoms with van der Waals surface area (Å²) in [5, 5.41) is 35.8. The standard InChI is InChI=1S/C21H30N6O10P2S/c1-15-13-27(21(30)26-19(15)29)20-18(32-12-8-28)17(37-38(25)33-9-2-5-22)16(36-20)14-40-39(31,34-10-3-6-23)35-11-4-7-24/h13,16-18,20,28H,2-4,8-12,14,25H2,1H3,(H,26,29,30)/t16-,17-,18-,20-,38?/m1/s1. The number of aliphatic hydroxyl groups is 1. The highest BCUT2D eigenvalue weighted by Crippen LogP contribution is 2.61. The summed E-state index contributed by atoms with van der Waals surface area (Å²) in [6, 6.07) is 5.65. The van der Waals surface area contributed by atoms with Gasteiger partial charge >= 0.3 is 12.5 Å². The maximum atomic E-state index is 13.3. The van der Waals surface area contributed by atoms with Gasteiger partial charge in [0, 0.05) is 17.5 Å². The van der Waals surface area contributed by atoms with Crippen LogP contribution in [0.15, 0.2) is 15.8 Å². The van der Waals surface area contributed by atoms with Crippen LogP contribution < -0.4 is 16.8 Å². The maximum absolute atomic E-state index is 13.3. The van der Waals surface area contributed by atoms with Gasteiger partial charge in [-0.1, -0.05) is 0 Å². The molecular formula is C21H30N6O10P2S. The summed E-state index contributed by atoms with van der Waals surface area (Å²) in [5.41, 5.74) is 4.84. The topological polar surface area (TPSA) is 245 Å². The molecule has 2 rings (SSSR count). The van der Waals surface area contributed by atoms with Crippen molar-refractivity contribution in [3.8, 4) is 18.2 Å². The smallest absolute Gasteiger partial charge is 0.389 e. The largest absolute Gasteiger partial charge is 0.394 e. The van der Waals surface area contributed by atoms with Gasteiger partial charge in [-0.05, 0) is 18.3 Å². The van der Waals surface area contributed by atoms with E-state index in [1.165, 1.54) is 13.1 Å². The first-order valence-corrected chi connectivity index (χ1v) is 16.3. The van der Waals surface area contributed by atoms with Gasteiger partial charge in [-0.2, -0.15) is 15.8 Å². The fourth-order valence-corrected chi connectivity index (χ4v) is 7.51. The molecule has 5 atom stereocenters. The molecule has 220 valence electrons. The van der Waals surface area contributed by atoms with Gasteiger partial charge in [-0.3, -0.25) is 28.9 Å². The van der Waals surface area contributed by atoms with E-state index >= 15 is 0 Å². The number of nitriles is 3. The molecule has 0 bridgehead atoms. The van der Waals surface area contributed by atoms with Gasteiger partial charge < -0.3 is 23.6 Å². The minimum atomic E-state index is -3.88. The van der Waals surface area contributed by atoms with Crippen LogP contribution in [0.4, 0.5) is 0 Å². The minimum absolute atomic E-state index is 0.00939. The Bertz CT molecular complexity index is 1220. The average Bonchev–Trinajstić information content (AvgIpc) is 3.25. The third kappa shape index (κ3) is 10.3. The lowest BCUT2D eigenvalue weighted by atomic mass is 10.1. The number of ether oxygens (including phenoxy) is 2. The van der Waals surface area contributed by atoms with Crippen LogP contribution in [0.5, 0.6) is 0 Å². The Kier molecular flexibility index (Phi) is 15.0. The quantitative estimate of drug-likeness (QED) is 0.155. The fourth-order valence-electron chi connectivity index (χ4n) is 3.35. The van der Waals surface area contributed by atoms with Crippen molar-refractivity contribution in [1.82, 2.24) is 9.55 Å². The van der Waals surface area contributed by atoms with Crippen molar-refractivity contribution in [2.75, 3.05) is 38.8 Å². The maximum Gasteiger partial charge on any atom is 0.389 e. The number of hydrogen-bond acceptors (Lipinski definition) is 15. The molecule has 1 aromatic heterocycles. The number of nitrogens with one attached hydrogen (secondary N) is 1. The first-order chi connectivity index (χ1) is 19.2.